The highest BCUT2D eigenvalue weighted by Crippen LogP contribution is 2.38. The molecule has 0 aromatic heterocycles. The zero-order valence-corrected chi connectivity index (χ0v) is 18.1. The Hall–Kier alpha value is -2.86. The van der Waals surface area contributed by atoms with Crippen LogP contribution in [0.3, 0.4) is 0 Å². The van der Waals surface area contributed by atoms with E-state index in [0.717, 1.165) is 41.8 Å². The molecule has 0 unspecified atom stereocenters. The monoisotopic (exact) mass is 437 g/mol. The molecule has 2 fully saturated rings. The molecule has 5 rings (SSSR count). The summed E-state index contributed by atoms with van der Waals surface area (Å²) in [5, 5.41) is 3.47. The summed E-state index contributed by atoms with van der Waals surface area (Å²) in [5.74, 6) is -0.257. The first-order valence-corrected chi connectivity index (χ1v) is 11.1. The number of rotatable bonds is 4. The van der Waals surface area contributed by atoms with Crippen LogP contribution in [0.15, 0.2) is 36.4 Å². The summed E-state index contributed by atoms with van der Waals surface area (Å²) >= 11 is 6.05. The van der Waals surface area contributed by atoms with Crippen molar-refractivity contribution in [2.24, 2.45) is 11.8 Å². The molecule has 1 saturated carbocycles. The van der Waals surface area contributed by atoms with E-state index < -0.39 is 5.92 Å². The molecule has 31 heavy (non-hydrogen) atoms. The molecule has 0 radical (unpaired) electrons. The van der Waals surface area contributed by atoms with Gasteiger partial charge in [0.2, 0.25) is 17.7 Å². The minimum Gasteiger partial charge on any atom is -0.325 e. The number of fused-ring (bicyclic) bond motifs is 1. The van der Waals surface area contributed by atoms with E-state index in [1.54, 1.807) is 17.0 Å². The average Bonchev–Trinajstić information content (AvgIpc) is 3.40. The number of nitrogens with zero attached hydrogens (tertiary/aromatic N) is 2. The zero-order chi connectivity index (χ0) is 21.7. The number of aryl methyl sites for hydroxylation is 1. The van der Waals surface area contributed by atoms with Crippen molar-refractivity contribution in [2.75, 3.05) is 28.2 Å². The number of carbonyl (C=O) groups is 3. The van der Waals surface area contributed by atoms with Gasteiger partial charge in [-0.2, -0.15) is 0 Å². The second-order valence-corrected chi connectivity index (χ2v) is 9.12. The molecular formula is C24H24ClN3O3. The Morgan fingerprint density at radius 1 is 1.10 bits per heavy atom. The third-order valence-corrected chi connectivity index (χ3v) is 6.65. The summed E-state index contributed by atoms with van der Waals surface area (Å²) in [6.45, 7) is 2.94. The first-order valence-electron chi connectivity index (χ1n) is 10.7. The zero-order valence-electron chi connectivity index (χ0n) is 17.4. The molecule has 2 heterocycles. The van der Waals surface area contributed by atoms with Crippen LogP contribution in [0.1, 0.15) is 30.4 Å². The summed E-state index contributed by atoms with van der Waals surface area (Å²) < 4.78 is 0. The maximum atomic E-state index is 12.8. The van der Waals surface area contributed by atoms with Crippen molar-refractivity contribution in [3.05, 3.63) is 52.5 Å². The fourth-order valence-electron chi connectivity index (χ4n) is 4.43. The van der Waals surface area contributed by atoms with Crippen molar-refractivity contribution in [1.82, 2.24) is 0 Å². The van der Waals surface area contributed by atoms with E-state index in [1.165, 1.54) is 0 Å². The lowest BCUT2D eigenvalue weighted by molar-refractivity contribution is -0.122. The lowest BCUT2D eigenvalue weighted by Gasteiger charge is -2.20. The van der Waals surface area contributed by atoms with E-state index in [0.29, 0.717) is 23.8 Å². The van der Waals surface area contributed by atoms with Crippen LogP contribution in [0.25, 0.3) is 0 Å². The molecule has 7 heteroatoms. The van der Waals surface area contributed by atoms with Gasteiger partial charge in [0.1, 0.15) is 0 Å². The Morgan fingerprint density at radius 2 is 1.90 bits per heavy atom. The number of benzene rings is 2. The molecule has 3 aliphatic rings. The Bertz CT molecular complexity index is 1100. The van der Waals surface area contributed by atoms with Gasteiger partial charge in [0, 0.05) is 47.5 Å². The molecule has 160 valence electrons. The molecule has 2 aliphatic heterocycles. The molecule has 1 atom stereocenters. The first-order chi connectivity index (χ1) is 14.9. The highest BCUT2D eigenvalue weighted by Gasteiger charge is 2.38. The summed E-state index contributed by atoms with van der Waals surface area (Å²) in [7, 11) is 0. The maximum Gasteiger partial charge on any atom is 0.230 e. The number of hydrogen-bond donors (Lipinski definition) is 1. The van der Waals surface area contributed by atoms with Gasteiger partial charge in [-0.1, -0.05) is 17.7 Å². The van der Waals surface area contributed by atoms with E-state index in [1.807, 2.05) is 36.1 Å². The molecule has 6 nitrogen and oxygen atoms in total. The van der Waals surface area contributed by atoms with Crippen LogP contribution in [0.5, 0.6) is 0 Å². The molecular weight excluding hydrogens is 414 g/mol. The molecule has 0 spiro atoms. The molecule has 1 aliphatic carbocycles. The normalized spacial score (nSPS) is 20.2. The average molecular weight is 438 g/mol. The lowest BCUT2D eigenvalue weighted by atomic mass is 10.1. The topological polar surface area (TPSA) is 69.7 Å². The van der Waals surface area contributed by atoms with Crippen LogP contribution in [-0.2, 0) is 20.8 Å². The largest absolute Gasteiger partial charge is 0.325 e. The standard InChI is InChI=1S/C24H24ClN3O3/c1-14-2-5-18(25)12-20(14)26-23(30)17-11-22(29)28(13-17)19-6-7-21-16(10-19)8-9-27(21)24(31)15-3-4-15/h2,5-7,10,12,15,17H,3-4,8-9,11,13H2,1H3,(H,26,30)/t17-/m1/s1. The van der Waals surface area contributed by atoms with Gasteiger partial charge in [0.05, 0.1) is 5.92 Å². The van der Waals surface area contributed by atoms with Gasteiger partial charge in [-0.05, 0) is 67.6 Å². The van der Waals surface area contributed by atoms with Crippen LogP contribution in [0, 0.1) is 18.8 Å². The molecule has 1 saturated heterocycles. The predicted octanol–water partition coefficient (Wildman–Crippen LogP) is 3.94. The van der Waals surface area contributed by atoms with Crippen molar-refractivity contribution in [1.29, 1.82) is 0 Å². The van der Waals surface area contributed by atoms with Crippen molar-refractivity contribution in [3.63, 3.8) is 0 Å². The Balaban J connectivity index is 1.30. The van der Waals surface area contributed by atoms with Crippen molar-refractivity contribution < 1.29 is 14.4 Å². The van der Waals surface area contributed by atoms with Crippen LogP contribution in [0.4, 0.5) is 17.1 Å². The van der Waals surface area contributed by atoms with Gasteiger partial charge in [-0.3, -0.25) is 14.4 Å². The van der Waals surface area contributed by atoms with E-state index in [9.17, 15) is 14.4 Å². The predicted molar refractivity (Wildman–Crippen MR) is 121 cm³/mol. The quantitative estimate of drug-likeness (QED) is 0.787. The highest BCUT2D eigenvalue weighted by molar-refractivity contribution is 6.31. The van der Waals surface area contributed by atoms with Crippen LogP contribution in [0.2, 0.25) is 5.02 Å². The number of nitrogens with one attached hydrogen (secondary N) is 1. The van der Waals surface area contributed by atoms with Crippen LogP contribution >= 0.6 is 11.6 Å². The SMILES string of the molecule is Cc1ccc(Cl)cc1NC(=O)[C@@H]1CC(=O)N(c2ccc3c(c2)CCN3C(=O)C2CC2)C1. The molecule has 2 aromatic carbocycles. The maximum absolute atomic E-state index is 12.8. The molecule has 2 aromatic rings. The number of carbonyl (C=O) groups excluding carboxylic acids is 3. The summed E-state index contributed by atoms with van der Waals surface area (Å²) in [6, 6.07) is 11.2. The van der Waals surface area contributed by atoms with E-state index in [-0.39, 0.29) is 30.1 Å². The molecule has 0 bridgehead atoms. The number of hydrogen-bond acceptors (Lipinski definition) is 3. The molecule has 3 amide bonds. The van der Waals surface area contributed by atoms with Crippen molar-refractivity contribution >= 4 is 46.4 Å². The van der Waals surface area contributed by atoms with Gasteiger partial charge in [0.25, 0.3) is 0 Å². The minimum atomic E-state index is -0.424. The van der Waals surface area contributed by atoms with Gasteiger partial charge in [0.15, 0.2) is 0 Å². The summed E-state index contributed by atoms with van der Waals surface area (Å²) in [5.41, 5.74) is 4.42. The smallest absolute Gasteiger partial charge is 0.230 e. The van der Waals surface area contributed by atoms with E-state index >= 15 is 0 Å². The van der Waals surface area contributed by atoms with Crippen LogP contribution in [-0.4, -0.2) is 30.8 Å². The lowest BCUT2D eigenvalue weighted by Crippen LogP contribution is -2.30. The Labute approximate surface area is 186 Å². The summed E-state index contributed by atoms with van der Waals surface area (Å²) in [4.78, 5) is 41.5. The fourth-order valence-corrected chi connectivity index (χ4v) is 4.60. The third kappa shape index (κ3) is 3.81. The number of anilines is 3. The highest BCUT2D eigenvalue weighted by atomic mass is 35.5. The van der Waals surface area contributed by atoms with E-state index in [4.69, 9.17) is 11.6 Å². The summed E-state index contributed by atoms with van der Waals surface area (Å²) in [6.07, 6.45) is 2.95. The Kier molecular flexibility index (Phi) is 4.97. The van der Waals surface area contributed by atoms with Gasteiger partial charge in [-0.25, -0.2) is 0 Å². The minimum absolute atomic E-state index is 0.0631. The van der Waals surface area contributed by atoms with Gasteiger partial charge >= 0.3 is 0 Å². The first kappa shape index (κ1) is 20.1. The van der Waals surface area contributed by atoms with Gasteiger partial charge in [-0.15, -0.1) is 0 Å². The van der Waals surface area contributed by atoms with E-state index in [2.05, 4.69) is 5.32 Å². The number of halogens is 1. The Morgan fingerprint density at radius 3 is 2.68 bits per heavy atom. The van der Waals surface area contributed by atoms with Crippen LogP contribution < -0.4 is 15.1 Å². The van der Waals surface area contributed by atoms with Crippen molar-refractivity contribution in [2.45, 2.75) is 32.6 Å². The third-order valence-electron chi connectivity index (χ3n) is 6.42. The second kappa shape index (κ2) is 7.68. The molecule has 1 N–H and O–H groups in total. The second-order valence-electron chi connectivity index (χ2n) is 8.68. The number of amides is 3. The fraction of sp³-hybridized carbons (Fsp3) is 0.375. The van der Waals surface area contributed by atoms with Gasteiger partial charge < -0.3 is 15.1 Å². The van der Waals surface area contributed by atoms with Crippen molar-refractivity contribution in [3.8, 4) is 0 Å².